The van der Waals surface area contributed by atoms with Crippen LogP contribution >= 0.6 is 0 Å². The molecule has 0 aromatic heterocycles. The van der Waals surface area contributed by atoms with Gasteiger partial charge in [-0.15, -0.1) is 0 Å². The maximum Gasteiger partial charge on any atom is 0.325 e. The lowest BCUT2D eigenvalue weighted by Gasteiger charge is -2.14. The van der Waals surface area contributed by atoms with Crippen molar-refractivity contribution in [2.45, 2.75) is 19.4 Å². The molecule has 1 aromatic rings. The summed E-state index contributed by atoms with van der Waals surface area (Å²) in [5.41, 5.74) is 10.5. The lowest BCUT2D eigenvalue weighted by molar-refractivity contribution is -0.117. The number of Topliss-reactive ketones (excluding diaryl/α,β-unsaturated/α-hetero) is 1. The first-order chi connectivity index (χ1) is 10.0. The summed E-state index contributed by atoms with van der Waals surface area (Å²) in [4.78, 5) is 38.0. The zero-order valence-corrected chi connectivity index (χ0v) is 11.4. The molecule has 110 valence electrons. The zero-order chi connectivity index (χ0) is 15.8. The van der Waals surface area contributed by atoms with Crippen LogP contribution in [0.25, 0.3) is 5.53 Å². The molecule has 0 aliphatic rings. The summed E-state index contributed by atoms with van der Waals surface area (Å²) in [6, 6.07) is 5.21. The van der Waals surface area contributed by atoms with Crippen LogP contribution < -0.4 is 16.6 Å². The summed E-state index contributed by atoms with van der Waals surface area (Å²) in [6.07, 6.45) is 1.02. The number of amides is 2. The van der Waals surface area contributed by atoms with E-state index in [1.807, 2.05) is 5.43 Å². The number of carbonyl (C=O) groups excluding carboxylic acids is 3. The second-order valence-electron chi connectivity index (χ2n) is 4.10. The average molecular weight is 289 g/mol. The number of ketones is 1. The first kappa shape index (κ1) is 16.2. The molecule has 8 heteroatoms. The third kappa shape index (κ3) is 4.07. The van der Waals surface area contributed by atoms with Gasteiger partial charge in [-0.3, -0.25) is 19.8 Å². The molecule has 0 bridgehead atoms. The summed E-state index contributed by atoms with van der Waals surface area (Å²) in [5, 5.41) is 2.48. The molecule has 0 radical (unpaired) electrons. The molecule has 1 atom stereocenters. The van der Waals surface area contributed by atoms with Gasteiger partial charge in [-0.25, -0.2) is 5.84 Å². The largest absolute Gasteiger partial charge is 0.361 e. The van der Waals surface area contributed by atoms with Gasteiger partial charge in [-0.05, 0) is 18.6 Å². The molecule has 0 saturated carbocycles. The van der Waals surface area contributed by atoms with Crippen molar-refractivity contribution in [3.8, 4) is 0 Å². The van der Waals surface area contributed by atoms with Crippen molar-refractivity contribution in [3.05, 3.63) is 40.9 Å². The van der Waals surface area contributed by atoms with E-state index in [-0.39, 0.29) is 11.1 Å². The molecule has 1 unspecified atom stereocenters. The second-order valence-corrected chi connectivity index (χ2v) is 4.10. The number of rotatable bonds is 6. The third-order valence-corrected chi connectivity index (χ3v) is 2.79. The Balaban J connectivity index is 3.01. The van der Waals surface area contributed by atoms with Gasteiger partial charge in [0.2, 0.25) is 0 Å². The molecular formula is C13H15N5O3. The van der Waals surface area contributed by atoms with Crippen LogP contribution in [0.3, 0.4) is 0 Å². The molecule has 0 spiro atoms. The molecule has 4 N–H and O–H groups in total. The van der Waals surface area contributed by atoms with Gasteiger partial charge in [0, 0.05) is 0 Å². The molecule has 1 rings (SSSR count). The van der Waals surface area contributed by atoms with Crippen molar-refractivity contribution in [2.75, 3.05) is 0 Å². The molecular weight excluding hydrogens is 274 g/mol. The maximum atomic E-state index is 12.2. The Hall–Kier alpha value is -2.83. The number of nitrogens with two attached hydrogens (primary N) is 1. The first-order valence-electron chi connectivity index (χ1n) is 6.17. The van der Waals surface area contributed by atoms with Crippen molar-refractivity contribution in [1.29, 1.82) is 0 Å². The predicted octanol–water partition coefficient (Wildman–Crippen LogP) is -0.332. The molecule has 21 heavy (non-hydrogen) atoms. The van der Waals surface area contributed by atoms with Crippen LogP contribution in [0.5, 0.6) is 0 Å². The van der Waals surface area contributed by atoms with Crippen LogP contribution in [0.15, 0.2) is 24.3 Å². The summed E-state index contributed by atoms with van der Waals surface area (Å²) in [6.45, 7) is 1.69. The van der Waals surface area contributed by atoms with Gasteiger partial charge < -0.3 is 10.8 Å². The minimum Gasteiger partial charge on any atom is -0.361 e. The molecule has 0 aliphatic carbocycles. The Morgan fingerprint density at radius 3 is 2.33 bits per heavy atom. The summed E-state index contributed by atoms with van der Waals surface area (Å²) >= 11 is 0. The normalized spacial score (nSPS) is 11.0. The number of carbonyl (C=O) groups is 3. The van der Waals surface area contributed by atoms with E-state index >= 15 is 0 Å². The Morgan fingerprint density at radius 1 is 1.29 bits per heavy atom. The fourth-order valence-corrected chi connectivity index (χ4v) is 1.71. The summed E-state index contributed by atoms with van der Waals surface area (Å²) < 4.78 is 0. The zero-order valence-electron chi connectivity index (χ0n) is 11.4. The van der Waals surface area contributed by atoms with E-state index in [4.69, 9.17) is 11.4 Å². The quantitative estimate of drug-likeness (QED) is 0.165. The molecule has 2 amide bonds. The van der Waals surface area contributed by atoms with E-state index in [1.165, 1.54) is 12.1 Å². The number of nitrogens with zero attached hydrogens (tertiary/aromatic N) is 2. The SMILES string of the molecule is CCC(NC(=O)c1ccccc1C(=O)NN)C(=O)C=[N+]=[N-]. The number of nitrogen functional groups attached to an aromatic ring is 1. The van der Waals surface area contributed by atoms with Crippen molar-refractivity contribution in [2.24, 2.45) is 5.84 Å². The van der Waals surface area contributed by atoms with Crippen LogP contribution in [-0.2, 0) is 4.79 Å². The number of nitrogens with one attached hydrogen (secondary N) is 2. The van der Waals surface area contributed by atoms with Gasteiger partial charge >= 0.3 is 6.21 Å². The van der Waals surface area contributed by atoms with Gasteiger partial charge in [0.25, 0.3) is 17.6 Å². The van der Waals surface area contributed by atoms with Crippen LogP contribution in [0.2, 0.25) is 0 Å². The highest BCUT2D eigenvalue weighted by Crippen LogP contribution is 2.09. The van der Waals surface area contributed by atoms with Crippen LogP contribution in [0.4, 0.5) is 0 Å². The topological polar surface area (TPSA) is 138 Å². The van der Waals surface area contributed by atoms with E-state index in [0.29, 0.717) is 12.6 Å². The third-order valence-electron chi connectivity index (χ3n) is 2.79. The van der Waals surface area contributed by atoms with Crippen molar-refractivity contribution >= 4 is 23.8 Å². The smallest absolute Gasteiger partial charge is 0.325 e. The van der Waals surface area contributed by atoms with Crippen LogP contribution in [0.1, 0.15) is 34.1 Å². The van der Waals surface area contributed by atoms with Crippen molar-refractivity contribution < 1.29 is 19.2 Å². The van der Waals surface area contributed by atoms with Gasteiger partial charge in [-0.2, -0.15) is 4.79 Å². The second kappa shape index (κ2) is 7.68. The summed E-state index contributed by atoms with van der Waals surface area (Å²) in [5.74, 6) is 3.30. The number of benzene rings is 1. The molecule has 0 heterocycles. The van der Waals surface area contributed by atoms with Gasteiger partial charge in [-0.1, -0.05) is 19.1 Å². The molecule has 1 aromatic carbocycles. The molecule has 0 saturated heterocycles. The minimum atomic E-state index is -0.845. The highest BCUT2D eigenvalue weighted by Gasteiger charge is 2.23. The number of hydrogen-bond donors (Lipinski definition) is 3. The Labute approximate surface area is 120 Å². The van der Waals surface area contributed by atoms with Gasteiger partial charge in [0.1, 0.15) is 0 Å². The first-order valence-corrected chi connectivity index (χ1v) is 6.17. The van der Waals surface area contributed by atoms with Crippen LogP contribution in [0, 0.1) is 0 Å². The van der Waals surface area contributed by atoms with Gasteiger partial charge in [0.15, 0.2) is 0 Å². The standard InChI is InChI=1S/C13H15N5O3/c1-2-10(11(19)7-16-14)17-12(20)8-5-3-4-6-9(8)13(21)18-15/h3-7,10H,2,15H2,1H3,(H,17,20)(H,18,21). The van der Waals surface area contributed by atoms with Crippen molar-refractivity contribution in [1.82, 2.24) is 10.7 Å². The monoisotopic (exact) mass is 289 g/mol. The van der Waals surface area contributed by atoms with E-state index in [0.717, 1.165) is 0 Å². The Kier molecular flexibility index (Phi) is 5.94. The lowest BCUT2D eigenvalue weighted by atomic mass is 10.0. The lowest BCUT2D eigenvalue weighted by Crippen LogP contribution is -2.42. The average Bonchev–Trinajstić information content (AvgIpc) is 2.51. The Bertz CT molecular complexity index is 608. The fourth-order valence-electron chi connectivity index (χ4n) is 1.71. The predicted molar refractivity (Wildman–Crippen MR) is 74.3 cm³/mol. The van der Waals surface area contributed by atoms with Gasteiger partial charge in [0.05, 0.1) is 17.2 Å². The number of hydrogen-bond acceptors (Lipinski definition) is 4. The van der Waals surface area contributed by atoms with E-state index < -0.39 is 23.6 Å². The molecule has 0 aliphatic heterocycles. The minimum absolute atomic E-state index is 0.0904. The van der Waals surface area contributed by atoms with E-state index in [9.17, 15) is 14.4 Å². The highest BCUT2D eigenvalue weighted by atomic mass is 16.2. The number of hydrazine groups is 1. The van der Waals surface area contributed by atoms with E-state index in [2.05, 4.69) is 10.1 Å². The van der Waals surface area contributed by atoms with Crippen LogP contribution in [-0.4, -0.2) is 34.6 Å². The molecule has 0 fully saturated rings. The fraction of sp³-hybridized carbons (Fsp3) is 0.231. The van der Waals surface area contributed by atoms with E-state index in [1.54, 1.807) is 19.1 Å². The maximum absolute atomic E-state index is 12.2. The summed E-state index contributed by atoms with van der Waals surface area (Å²) in [7, 11) is 0. The Morgan fingerprint density at radius 2 is 1.86 bits per heavy atom. The molecule has 8 nitrogen and oxygen atoms in total. The highest BCUT2D eigenvalue weighted by molar-refractivity contribution is 6.28. The van der Waals surface area contributed by atoms with Crippen molar-refractivity contribution in [3.63, 3.8) is 0 Å².